The van der Waals surface area contributed by atoms with Crippen LogP contribution in [0.15, 0.2) is 11.6 Å². The fourth-order valence-corrected chi connectivity index (χ4v) is 3.17. The summed E-state index contributed by atoms with van der Waals surface area (Å²) in [5.74, 6) is 2.57. The molecule has 1 fully saturated rings. The minimum Gasteiger partial charge on any atom is -0.0882 e. The van der Waals surface area contributed by atoms with Crippen LogP contribution in [-0.2, 0) is 0 Å². The van der Waals surface area contributed by atoms with Crippen LogP contribution >= 0.6 is 0 Å². The standard InChI is InChI=1S/C14H26/c1-7-13(6)14(10(2)3)8-11(4)12(5)9-14/h7,10-12H,8-9H2,1-6H3. The molecule has 0 saturated heterocycles. The summed E-state index contributed by atoms with van der Waals surface area (Å²) in [5, 5.41) is 0. The number of hydrogen-bond donors (Lipinski definition) is 0. The lowest BCUT2D eigenvalue weighted by Gasteiger charge is -2.35. The summed E-state index contributed by atoms with van der Waals surface area (Å²) in [5.41, 5.74) is 2.12. The van der Waals surface area contributed by atoms with Gasteiger partial charge in [-0.15, -0.1) is 0 Å². The summed E-state index contributed by atoms with van der Waals surface area (Å²) in [6.45, 7) is 14.1. The van der Waals surface area contributed by atoms with Crippen molar-refractivity contribution in [2.45, 2.75) is 54.4 Å². The van der Waals surface area contributed by atoms with E-state index in [1.165, 1.54) is 12.8 Å². The summed E-state index contributed by atoms with van der Waals surface area (Å²) in [6, 6.07) is 0. The quantitative estimate of drug-likeness (QED) is 0.561. The van der Waals surface area contributed by atoms with Crippen LogP contribution < -0.4 is 0 Å². The molecule has 0 amide bonds. The van der Waals surface area contributed by atoms with Gasteiger partial charge in [-0.05, 0) is 49.9 Å². The third kappa shape index (κ3) is 1.76. The molecule has 2 unspecified atom stereocenters. The van der Waals surface area contributed by atoms with Crippen LogP contribution in [0, 0.1) is 23.2 Å². The molecular weight excluding hydrogens is 168 g/mol. The maximum Gasteiger partial charge on any atom is -0.00627 e. The molecule has 2 atom stereocenters. The molecule has 0 bridgehead atoms. The van der Waals surface area contributed by atoms with Gasteiger partial charge in [-0.25, -0.2) is 0 Å². The number of allylic oxidation sites excluding steroid dienone is 2. The van der Waals surface area contributed by atoms with E-state index in [9.17, 15) is 0 Å². The summed E-state index contributed by atoms with van der Waals surface area (Å²) < 4.78 is 0. The monoisotopic (exact) mass is 194 g/mol. The molecule has 1 aliphatic carbocycles. The van der Waals surface area contributed by atoms with Crippen molar-refractivity contribution in [1.82, 2.24) is 0 Å². The van der Waals surface area contributed by atoms with Crippen LogP contribution in [0.5, 0.6) is 0 Å². The van der Waals surface area contributed by atoms with E-state index in [-0.39, 0.29) is 0 Å². The van der Waals surface area contributed by atoms with Crippen molar-refractivity contribution in [1.29, 1.82) is 0 Å². The summed E-state index contributed by atoms with van der Waals surface area (Å²) in [4.78, 5) is 0. The predicted octanol–water partition coefficient (Wildman–Crippen LogP) is 4.66. The van der Waals surface area contributed by atoms with Crippen molar-refractivity contribution < 1.29 is 0 Å². The topological polar surface area (TPSA) is 0 Å². The second-order valence-electron chi connectivity index (χ2n) is 5.65. The van der Waals surface area contributed by atoms with Gasteiger partial charge < -0.3 is 0 Å². The lowest BCUT2D eigenvalue weighted by atomic mass is 9.69. The molecule has 1 aliphatic rings. The normalized spacial score (nSPS) is 39.5. The third-order valence-corrected chi connectivity index (χ3v) is 4.67. The molecule has 0 spiro atoms. The summed E-state index contributed by atoms with van der Waals surface area (Å²) in [7, 11) is 0. The Morgan fingerprint density at radius 1 is 1.21 bits per heavy atom. The van der Waals surface area contributed by atoms with E-state index in [1.54, 1.807) is 5.57 Å². The molecule has 0 aromatic heterocycles. The summed E-state index contributed by atoms with van der Waals surface area (Å²) >= 11 is 0. The van der Waals surface area contributed by atoms with Gasteiger partial charge in [-0.2, -0.15) is 0 Å². The molecule has 1 saturated carbocycles. The zero-order valence-corrected chi connectivity index (χ0v) is 10.7. The van der Waals surface area contributed by atoms with E-state index in [2.05, 4.69) is 47.6 Å². The Morgan fingerprint density at radius 2 is 1.64 bits per heavy atom. The molecule has 0 heterocycles. The molecule has 1 rings (SSSR count). The predicted molar refractivity (Wildman–Crippen MR) is 64.3 cm³/mol. The Labute approximate surface area is 89.8 Å². The fourth-order valence-electron chi connectivity index (χ4n) is 3.17. The second-order valence-corrected chi connectivity index (χ2v) is 5.65. The van der Waals surface area contributed by atoms with Crippen LogP contribution in [0.25, 0.3) is 0 Å². The molecule has 0 nitrogen and oxygen atoms in total. The maximum atomic E-state index is 2.41. The van der Waals surface area contributed by atoms with Gasteiger partial charge in [0.1, 0.15) is 0 Å². The van der Waals surface area contributed by atoms with E-state index < -0.39 is 0 Å². The largest absolute Gasteiger partial charge is 0.0882 e. The Balaban J connectivity index is 2.97. The van der Waals surface area contributed by atoms with Crippen molar-refractivity contribution in [3.63, 3.8) is 0 Å². The summed E-state index contributed by atoms with van der Waals surface area (Å²) in [6.07, 6.45) is 5.11. The number of rotatable bonds is 2. The SMILES string of the molecule is CC=C(C)C1(C(C)C)CC(C)C(C)C1. The first kappa shape index (κ1) is 11.8. The molecule has 0 aliphatic heterocycles. The zero-order chi connectivity index (χ0) is 10.9. The van der Waals surface area contributed by atoms with Gasteiger partial charge >= 0.3 is 0 Å². The lowest BCUT2D eigenvalue weighted by Crippen LogP contribution is -2.25. The smallest absolute Gasteiger partial charge is 0.00627 e. The van der Waals surface area contributed by atoms with Crippen molar-refractivity contribution in [2.24, 2.45) is 23.2 Å². The van der Waals surface area contributed by atoms with Crippen molar-refractivity contribution in [3.05, 3.63) is 11.6 Å². The average molecular weight is 194 g/mol. The fraction of sp³-hybridized carbons (Fsp3) is 0.857. The Hall–Kier alpha value is -0.260. The van der Waals surface area contributed by atoms with Crippen LogP contribution in [0.2, 0.25) is 0 Å². The molecular formula is C14H26. The van der Waals surface area contributed by atoms with Crippen LogP contribution in [0.4, 0.5) is 0 Å². The first-order valence-corrected chi connectivity index (χ1v) is 6.07. The van der Waals surface area contributed by atoms with Gasteiger partial charge in [0, 0.05) is 0 Å². The van der Waals surface area contributed by atoms with Gasteiger partial charge in [-0.3, -0.25) is 0 Å². The van der Waals surface area contributed by atoms with Crippen LogP contribution in [0.3, 0.4) is 0 Å². The van der Waals surface area contributed by atoms with E-state index >= 15 is 0 Å². The molecule has 0 radical (unpaired) electrons. The molecule has 14 heavy (non-hydrogen) atoms. The highest BCUT2D eigenvalue weighted by Crippen LogP contribution is 2.54. The van der Waals surface area contributed by atoms with E-state index in [0.29, 0.717) is 5.41 Å². The first-order chi connectivity index (χ1) is 6.44. The maximum absolute atomic E-state index is 2.41. The van der Waals surface area contributed by atoms with Crippen molar-refractivity contribution in [2.75, 3.05) is 0 Å². The second kappa shape index (κ2) is 4.08. The molecule has 0 aromatic rings. The molecule has 0 N–H and O–H groups in total. The van der Waals surface area contributed by atoms with Gasteiger partial charge in [0.25, 0.3) is 0 Å². The lowest BCUT2D eigenvalue weighted by molar-refractivity contribution is 0.241. The van der Waals surface area contributed by atoms with Gasteiger partial charge in [-0.1, -0.05) is 39.3 Å². The number of hydrogen-bond acceptors (Lipinski definition) is 0. The highest BCUT2D eigenvalue weighted by atomic mass is 14.5. The van der Waals surface area contributed by atoms with E-state index in [4.69, 9.17) is 0 Å². The highest BCUT2D eigenvalue weighted by molar-refractivity contribution is 5.16. The van der Waals surface area contributed by atoms with Gasteiger partial charge in [0.15, 0.2) is 0 Å². The molecule has 82 valence electrons. The van der Waals surface area contributed by atoms with Gasteiger partial charge in [0.2, 0.25) is 0 Å². The van der Waals surface area contributed by atoms with Gasteiger partial charge in [0.05, 0.1) is 0 Å². The van der Waals surface area contributed by atoms with E-state index in [0.717, 1.165) is 17.8 Å². The zero-order valence-electron chi connectivity index (χ0n) is 10.7. The van der Waals surface area contributed by atoms with Crippen LogP contribution in [-0.4, -0.2) is 0 Å². The van der Waals surface area contributed by atoms with Crippen molar-refractivity contribution >= 4 is 0 Å². The Kier molecular flexibility index (Phi) is 3.44. The molecule has 0 aromatic carbocycles. The Morgan fingerprint density at radius 3 is 1.93 bits per heavy atom. The highest BCUT2D eigenvalue weighted by Gasteiger charge is 2.44. The third-order valence-electron chi connectivity index (χ3n) is 4.67. The van der Waals surface area contributed by atoms with E-state index in [1.807, 2.05) is 0 Å². The van der Waals surface area contributed by atoms with Crippen molar-refractivity contribution in [3.8, 4) is 0 Å². The van der Waals surface area contributed by atoms with Crippen LogP contribution in [0.1, 0.15) is 54.4 Å². The molecule has 0 heteroatoms. The Bertz CT molecular complexity index is 212. The minimum absolute atomic E-state index is 0.508. The average Bonchev–Trinajstić information content (AvgIpc) is 2.43. The first-order valence-electron chi connectivity index (χ1n) is 6.07. The minimum atomic E-state index is 0.508.